The van der Waals surface area contributed by atoms with Gasteiger partial charge >= 0.3 is 5.97 Å². The number of aliphatic hydroxyl groups excluding tert-OH is 1. The summed E-state index contributed by atoms with van der Waals surface area (Å²) in [6.45, 7) is 1.91. The summed E-state index contributed by atoms with van der Waals surface area (Å²) in [7, 11) is 0. The maximum absolute atomic E-state index is 10.9. The summed E-state index contributed by atoms with van der Waals surface area (Å²) in [6, 6.07) is 4.40. The predicted octanol–water partition coefficient (Wildman–Crippen LogP) is 2.19. The first-order chi connectivity index (χ1) is 7.50. The second-order valence-corrected chi connectivity index (χ2v) is 3.87. The van der Waals surface area contributed by atoms with E-state index in [4.69, 9.17) is 26.6 Å². The van der Waals surface area contributed by atoms with Gasteiger partial charge in [-0.15, -0.1) is 0 Å². The first kappa shape index (κ1) is 12.8. The molecule has 0 spiro atoms. The zero-order valence-corrected chi connectivity index (χ0v) is 9.57. The van der Waals surface area contributed by atoms with Crippen LogP contribution in [-0.4, -0.2) is 28.9 Å². The van der Waals surface area contributed by atoms with E-state index in [1.54, 1.807) is 13.0 Å². The molecule has 1 rings (SSSR count). The number of carbonyl (C=O) groups is 1. The molecule has 1 atom stereocenters. The Morgan fingerprint density at radius 1 is 1.56 bits per heavy atom. The largest absolute Gasteiger partial charge is 0.493 e. The Morgan fingerprint density at radius 2 is 2.25 bits per heavy atom. The van der Waals surface area contributed by atoms with Crippen molar-refractivity contribution in [3.05, 3.63) is 28.8 Å². The van der Waals surface area contributed by atoms with Crippen LogP contribution in [0.3, 0.4) is 0 Å². The van der Waals surface area contributed by atoms with Crippen molar-refractivity contribution in [3.8, 4) is 5.75 Å². The lowest BCUT2D eigenvalue weighted by atomic mass is 10.2. The van der Waals surface area contributed by atoms with E-state index >= 15 is 0 Å². The number of rotatable bonds is 5. The zero-order chi connectivity index (χ0) is 12.1. The molecule has 4 nitrogen and oxygen atoms in total. The van der Waals surface area contributed by atoms with Gasteiger partial charge in [-0.2, -0.15) is 0 Å². The lowest BCUT2D eigenvalue weighted by Gasteiger charge is -2.10. The second kappa shape index (κ2) is 5.72. The van der Waals surface area contributed by atoms with E-state index in [1.807, 2.05) is 0 Å². The van der Waals surface area contributed by atoms with E-state index in [-0.39, 0.29) is 17.9 Å². The summed E-state index contributed by atoms with van der Waals surface area (Å²) in [4.78, 5) is 10.9. The average Bonchev–Trinajstić information content (AvgIpc) is 2.19. The lowest BCUT2D eigenvalue weighted by molar-refractivity contribution is 0.0691. The van der Waals surface area contributed by atoms with Crippen LogP contribution in [-0.2, 0) is 0 Å². The van der Waals surface area contributed by atoms with E-state index in [1.165, 1.54) is 12.1 Å². The van der Waals surface area contributed by atoms with Gasteiger partial charge in [0.1, 0.15) is 11.3 Å². The van der Waals surface area contributed by atoms with Gasteiger partial charge in [0.25, 0.3) is 0 Å². The van der Waals surface area contributed by atoms with Gasteiger partial charge in [0.15, 0.2) is 0 Å². The summed E-state index contributed by atoms with van der Waals surface area (Å²) >= 11 is 5.69. The molecular formula is C11H13ClO4. The van der Waals surface area contributed by atoms with Crippen LogP contribution in [0.25, 0.3) is 0 Å². The molecule has 16 heavy (non-hydrogen) atoms. The van der Waals surface area contributed by atoms with Crippen LogP contribution in [0.15, 0.2) is 18.2 Å². The van der Waals surface area contributed by atoms with Crippen LogP contribution in [0.5, 0.6) is 5.75 Å². The molecular weight excluding hydrogens is 232 g/mol. The smallest absolute Gasteiger partial charge is 0.339 e. The van der Waals surface area contributed by atoms with Gasteiger partial charge in [-0.1, -0.05) is 11.6 Å². The standard InChI is InChI=1S/C11H13ClO4/c1-7(13)4-5-16-10-3-2-8(12)6-9(10)11(14)15/h2-3,6-7,13H,4-5H2,1H3,(H,14,15). The van der Waals surface area contributed by atoms with Gasteiger partial charge in [0.2, 0.25) is 0 Å². The van der Waals surface area contributed by atoms with Gasteiger partial charge in [-0.05, 0) is 25.1 Å². The third-order valence-electron chi connectivity index (χ3n) is 1.97. The molecule has 0 saturated carbocycles. The molecule has 0 aromatic heterocycles. The molecule has 0 amide bonds. The van der Waals surface area contributed by atoms with E-state index < -0.39 is 12.1 Å². The molecule has 1 aromatic rings. The number of benzene rings is 1. The van der Waals surface area contributed by atoms with Crippen molar-refractivity contribution in [2.75, 3.05) is 6.61 Å². The summed E-state index contributed by atoms with van der Waals surface area (Å²) in [5.74, 6) is -0.827. The van der Waals surface area contributed by atoms with Crippen molar-refractivity contribution < 1.29 is 19.7 Å². The van der Waals surface area contributed by atoms with Gasteiger partial charge in [0.05, 0.1) is 12.7 Å². The summed E-state index contributed by atoms with van der Waals surface area (Å²) < 4.78 is 5.26. The van der Waals surface area contributed by atoms with Crippen LogP contribution in [0.2, 0.25) is 5.02 Å². The minimum absolute atomic E-state index is 0.0260. The van der Waals surface area contributed by atoms with Crippen molar-refractivity contribution in [2.24, 2.45) is 0 Å². The van der Waals surface area contributed by atoms with Crippen LogP contribution in [0.1, 0.15) is 23.7 Å². The quantitative estimate of drug-likeness (QED) is 0.833. The van der Waals surface area contributed by atoms with E-state index in [2.05, 4.69) is 0 Å². The Kier molecular flexibility index (Phi) is 4.58. The molecule has 88 valence electrons. The number of halogens is 1. The van der Waals surface area contributed by atoms with Crippen LogP contribution < -0.4 is 4.74 Å². The SMILES string of the molecule is CC(O)CCOc1ccc(Cl)cc1C(=O)O. The molecule has 0 bridgehead atoms. The highest BCUT2D eigenvalue weighted by molar-refractivity contribution is 6.31. The monoisotopic (exact) mass is 244 g/mol. The Labute approximate surface area is 98.4 Å². The summed E-state index contributed by atoms with van der Waals surface area (Å²) in [6.07, 6.45) is -0.0256. The molecule has 0 aliphatic rings. The molecule has 5 heteroatoms. The first-order valence-electron chi connectivity index (χ1n) is 4.84. The van der Waals surface area contributed by atoms with Crippen molar-refractivity contribution in [1.82, 2.24) is 0 Å². The fourth-order valence-corrected chi connectivity index (χ4v) is 1.31. The highest BCUT2D eigenvalue weighted by atomic mass is 35.5. The van der Waals surface area contributed by atoms with E-state index in [9.17, 15) is 4.79 Å². The molecule has 0 radical (unpaired) electrons. The summed E-state index contributed by atoms with van der Waals surface area (Å²) in [5, 5.41) is 18.3. The second-order valence-electron chi connectivity index (χ2n) is 3.43. The van der Waals surface area contributed by atoms with Crippen molar-refractivity contribution in [2.45, 2.75) is 19.4 Å². The number of aromatic carboxylic acids is 1. The van der Waals surface area contributed by atoms with Gasteiger partial charge in [-0.3, -0.25) is 0 Å². The minimum Gasteiger partial charge on any atom is -0.493 e. The Hall–Kier alpha value is -1.26. The number of carboxylic acid groups (broad SMARTS) is 1. The topological polar surface area (TPSA) is 66.8 Å². The maximum Gasteiger partial charge on any atom is 0.339 e. The van der Waals surface area contributed by atoms with Crippen LogP contribution in [0, 0.1) is 0 Å². The van der Waals surface area contributed by atoms with Crippen LogP contribution in [0.4, 0.5) is 0 Å². The molecule has 1 unspecified atom stereocenters. The Bertz CT molecular complexity index is 376. The minimum atomic E-state index is -1.09. The maximum atomic E-state index is 10.9. The third-order valence-corrected chi connectivity index (χ3v) is 2.20. The first-order valence-corrected chi connectivity index (χ1v) is 5.22. The molecule has 0 heterocycles. The highest BCUT2D eigenvalue weighted by Crippen LogP contribution is 2.23. The molecule has 0 aliphatic carbocycles. The summed E-state index contributed by atoms with van der Waals surface area (Å²) in [5.41, 5.74) is 0.0260. The Morgan fingerprint density at radius 3 is 2.81 bits per heavy atom. The fraction of sp³-hybridized carbons (Fsp3) is 0.364. The number of hydrogen-bond donors (Lipinski definition) is 2. The molecule has 0 fully saturated rings. The van der Waals surface area contributed by atoms with Crippen molar-refractivity contribution >= 4 is 17.6 Å². The average molecular weight is 245 g/mol. The number of hydrogen-bond acceptors (Lipinski definition) is 3. The normalized spacial score (nSPS) is 12.2. The fourth-order valence-electron chi connectivity index (χ4n) is 1.13. The van der Waals surface area contributed by atoms with Crippen LogP contribution >= 0.6 is 11.6 Å². The molecule has 0 saturated heterocycles. The van der Waals surface area contributed by atoms with Crippen molar-refractivity contribution in [1.29, 1.82) is 0 Å². The highest BCUT2D eigenvalue weighted by Gasteiger charge is 2.12. The van der Waals surface area contributed by atoms with Gasteiger partial charge in [-0.25, -0.2) is 4.79 Å². The van der Waals surface area contributed by atoms with E-state index in [0.717, 1.165) is 0 Å². The Balaban J connectivity index is 2.75. The zero-order valence-electron chi connectivity index (χ0n) is 8.81. The molecule has 1 aromatic carbocycles. The third kappa shape index (κ3) is 3.72. The van der Waals surface area contributed by atoms with Gasteiger partial charge in [0, 0.05) is 11.4 Å². The van der Waals surface area contributed by atoms with Crippen molar-refractivity contribution in [3.63, 3.8) is 0 Å². The van der Waals surface area contributed by atoms with Gasteiger partial charge < -0.3 is 14.9 Å². The number of ether oxygens (including phenoxy) is 1. The number of carboxylic acids is 1. The molecule has 2 N–H and O–H groups in total. The number of aliphatic hydroxyl groups is 1. The predicted molar refractivity (Wildman–Crippen MR) is 60.2 cm³/mol. The molecule has 0 aliphatic heterocycles. The lowest BCUT2D eigenvalue weighted by Crippen LogP contribution is -2.09. The van der Waals surface area contributed by atoms with E-state index in [0.29, 0.717) is 11.4 Å².